The van der Waals surface area contributed by atoms with Gasteiger partial charge in [0, 0.05) is 25.7 Å². The second-order valence-electron chi connectivity index (χ2n) is 4.61. The summed E-state index contributed by atoms with van der Waals surface area (Å²) in [5.41, 5.74) is -1.85. The Labute approximate surface area is 108 Å². The fourth-order valence-corrected chi connectivity index (χ4v) is 2.08. The quantitative estimate of drug-likeness (QED) is 0.539. The molecule has 1 fully saturated rings. The van der Waals surface area contributed by atoms with E-state index in [0.717, 1.165) is 4.90 Å². The van der Waals surface area contributed by atoms with E-state index in [1.807, 2.05) is 0 Å². The first kappa shape index (κ1) is 15.8. The molecule has 1 saturated heterocycles. The van der Waals surface area contributed by atoms with E-state index in [-0.39, 0.29) is 38.4 Å². The van der Waals surface area contributed by atoms with Crippen LogP contribution in [-0.4, -0.2) is 62.2 Å². The van der Waals surface area contributed by atoms with Crippen LogP contribution in [0.4, 0.5) is 13.2 Å². The molecule has 0 spiro atoms. The van der Waals surface area contributed by atoms with Crippen molar-refractivity contribution >= 4 is 18.9 Å². The molecule has 108 valence electrons. The van der Waals surface area contributed by atoms with Crippen LogP contribution in [0.5, 0.6) is 0 Å². The number of hydrogen-bond acceptors (Lipinski definition) is 5. The van der Waals surface area contributed by atoms with E-state index in [2.05, 4.69) is 5.32 Å². The van der Waals surface area contributed by atoms with Gasteiger partial charge in [0.05, 0.1) is 6.54 Å². The second-order valence-corrected chi connectivity index (χ2v) is 4.61. The number of hydrogen-bond donors (Lipinski definition) is 1. The van der Waals surface area contributed by atoms with Gasteiger partial charge in [-0.3, -0.25) is 4.90 Å². The second kappa shape index (κ2) is 6.25. The molecule has 0 bridgehead atoms. The Morgan fingerprint density at radius 1 is 1.16 bits per heavy atom. The van der Waals surface area contributed by atoms with Crippen LogP contribution in [0.1, 0.15) is 6.42 Å². The van der Waals surface area contributed by atoms with Gasteiger partial charge in [-0.1, -0.05) is 0 Å². The lowest BCUT2D eigenvalue weighted by atomic mass is 9.85. The van der Waals surface area contributed by atoms with Crippen molar-refractivity contribution in [3.8, 4) is 0 Å². The smallest absolute Gasteiger partial charge is 0.314 e. The molecule has 0 aromatic heterocycles. The molecule has 0 radical (unpaired) electrons. The summed E-state index contributed by atoms with van der Waals surface area (Å²) in [4.78, 5) is 33.6. The molecule has 0 aromatic carbocycles. The van der Waals surface area contributed by atoms with Gasteiger partial charge >= 0.3 is 6.18 Å². The van der Waals surface area contributed by atoms with Crippen LogP contribution in [0.2, 0.25) is 0 Å². The van der Waals surface area contributed by atoms with Crippen LogP contribution in [0, 0.1) is 5.41 Å². The minimum absolute atomic E-state index is 0.150. The summed E-state index contributed by atoms with van der Waals surface area (Å²) in [5.74, 6) is 0. The summed E-state index contributed by atoms with van der Waals surface area (Å²) in [5, 5.41) is 2.89. The molecule has 0 aliphatic carbocycles. The van der Waals surface area contributed by atoms with E-state index in [0.29, 0.717) is 6.54 Å². The highest BCUT2D eigenvalue weighted by molar-refractivity contribution is 6.01. The normalized spacial score (nSPS) is 21.9. The summed E-state index contributed by atoms with van der Waals surface area (Å²) in [6, 6.07) is -0.684. The lowest BCUT2D eigenvalue weighted by Gasteiger charge is -2.38. The topological polar surface area (TPSA) is 66.5 Å². The van der Waals surface area contributed by atoms with Crippen molar-refractivity contribution in [3.05, 3.63) is 0 Å². The van der Waals surface area contributed by atoms with Crippen LogP contribution in [0.3, 0.4) is 0 Å². The summed E-state index contributed by atoms with van der Waals surface area (Å²) in [7, 11) is 0. The molecule has 1 atom stereocenters. The van der Waals surface area contributed by atoms with E-state index in [9.17, 15) is 27.6 Å². The zero-order valence-corrected chi connectivity index (χ0v) is 10.2. The standard InChI is InChI=1S/C11H15F3N2O3/c12-11(13,14)5-16-2-1-15-4-9(16)3-10(6-17,7-18)8-19/h6-9,15H,1-5H2. The van der Waals surface area contributed by atoms with E-state index in [4.69, 9.17) is 0 Å². The molecule has 0 amide bonds. The largest absolute Gasteiger partial charge is 0.401 e. The molecule has 1 N–H and O–H groups in total. The predicted octanol–water partition coefficient (Wildman–Crippen LogP) is -0.204. The molecule has 1 unspecified atom stereocenters. The molecule has 0 saturated carbocycles. The van der Waals surface area contributed by atoms with Gasteiger partial charge in [-0.2, -0.15) is 13.2 Å². The molecule has 1 heterocycles. The Morgan fingerprint density at radius 2 is 1.74 bits per heavy atom. The Bertz CT molecular complexity index is 325. The van der Waals surface area contributed by atoms with Crippen LogP contribution in [0.15, 0.2) is 0 Å². The van der Waals surface area contributed by atoms with Gasteiger partial charge in [0.1, 0.15) is 24.3 Å². The van der Waals surface area contributed by atoms with E-state index >= 15 is 0 Å². The zero-order chi connectivity index (χ0) is 14.5. The maximum Gasteiger partial charge on any atom is 0.401 e. The van der Waals surface area contributed by atoms with Gasteiger partial charge in [0.15, 0.2) is 0 Å². The number of piperazine rings is 1. The molecular weight excluding hydrogens is 265 g/mol. The van der Waals surface area contributed by atoms with Crippen molar-refractivity contribution in [1.29, 1.82) is 0 Å². The van der Waals surface area contributed by atoms with Gasteiger partial charge in [0.25, 0.3) is 0 Å². The molecule has 1 aliphatic rings. The monoisotopic (exact) mass is 280 g/mol. The fourth-order valence-electron chi connectivity index (χ4n) is 2.08. The molecule has 0 aromatic rings. The molecule has 19 heavy (non-hydrogen) atoms. The predicted molar refractivity (Wildman–Crippen MR) is 59.5 cm³/mol. The van der Waals surface area contributed by atoms with Crippen LogP contribution >= 0.6 is 0 Å². The first-order chi connectivity index (χ1) is 8.86. The number of halogens is 3. The number of nitrogens with zero attached hydrogens (tertiary/aromatic N) is 1. The maximum absolute atomic E-state index is 12.4. The lowest BCUT2D eigenvalue weighted by molar-refractivity contribution is -0.154. The number of carbonyl (C=O) groups excluding carboxylic acids is 3. The van der Waals surface area contributed by atoms with Crippen molar-refractivity contribution in [2.75, 3.05) is 26.2 Å². The third kappa shape index (κ3) is 4.39. The number of aldehydes is 3. The van der Waals surface area contributed by atoms with Crippen molar-refractivity contribution in [2.24, 2.45) is 5.41 Å². The average Bonchev–Trinajstić information content (AvgIpc) is 2.36. The number of carbonyl (C=O) groups is 3. The number of nitrogens with one attached hydrogen (secondary N) is 1. The zero-order valence-electron chi connectivity index (χ0n) is 10.2. The minimum atomic E-state index is -4.36. The fraction of sp³-hybridized carbons (Fsp3) is 0.727. The molecule has 1 rings (SSSR count). The first-order valence-electron chi connectivity index (χ1n) is 5.76. The molecule has 8 heteroatoms. The third-order valence-corrected chi connectivity index (χ3v) is 3.10. The average molecular weight is 280 g/mol. The first-order valence-corrected chi connectivity index (χ1v) is 5.76. The molecular formula is C11H15F3N2O3. The summed E-state index contributed by atoms with van der Waals surface area (Å²) < 4.78 is 37.3. The van der Waals surface area contributed by atoms with Gasteiger partial charge in [-0.15, -0.1) is 0 Å². The summed E-state index contributed by atoms with van der Waals surface area (Å²) >= 11 is 0. The van der Waals surface area contributed by atoms with Crippen molar-refractivity contribution in [3.63, 3.8) is 0 Å². The number of rotatable bonds is 6. The van der Waals surface area contributed by atoms with Crippen LogP contribution in [0.25, 0.3) is 0 Å². The minimum Gasteiger partial charge on any atom is -0.314 e. The lowest BCUT2D eigenvalue weighted by Crippen LogP contribution is -2.55. The van der Waals surface area contributed by atoms with Crippen LogP contribution in [-0.2, 0) is 14.4 Å². The molecule has 5 nitrogen and oxygen atoms in total. The highest BCUT2D eigenvalue weighted by atomic mass is 19.4. The third-order valence-electron chi connectivity index (χ3n) is 3.10. The van der Waals surface area contributed by atoms with E-state index in [1.54, 1.807) is 0 Å². The number of alkyl halides is 3. The van der Waals surface area contributed by atoms with Gasteiger partial charge in [-0.25, -0.2) is 0 Å². The van der Waals surface area contributed by atoms with Crippen molar-refractivity contribution < 1.29 is 27.6 Å². The van der Waals surface area contributed by atoms with Gasteiger partial charge < -0.3 is 19.7 Å². The van der Waals surface area contributed by atoms with Crippen molar-refractivity contribution in [2.45, 2.75) is 18.6 Å². The van der Waals surface area contributed by atoms with E-state index in [1.165, 1.54) is 0 Å². The Morgan fingerprint density at radius 3 is 2.21 bits per heavy atom. The maximum atomic E-state index is 12.4. The summed E-state index contributed by atoms with van der Waals surface area (Å²) in [6.45, 7) is -0.376. The highest BCUT2D eigenvalue weighted by Crippen LogP contribution is 2.24. The van der Waals surface area contributed by atoms with Gasteiger partial charge in [-0.05, 0) is 6.42 Å². The van der Waals surface area contributed by atoms with Crippen LogP contribution < -0.4 is 5.32 Å². The van der Waals surface area contributed by atoms with Crippen molar-refractivity contribution in [1.82, 2.24) is 10.2 Å². The van der Waals surface area contributed by atoms with E-state index < -0.39 is 24.2 Å². The molecule has 1 aliphatic heterocycles. The summed E-state index contributed by atoms with van der Waals surface area (Å²) in [6.07, 6.45) is -4.04. The Kier molecular flexibility index (Phi) is 5.19. The van der Waals surface area contributed by atoms with Gasteiger partial charge in [0.2, 0.25) is 0 Å². The Balaban J connectivity index is 2.79. The highest BCUT2D eigenvalue weighted by Gasteiger charge is 2.39. The SMILES string of the molecule is O=CC(C=O)(C=O)CC1CNCCN1CC(F)(F)F. The Hall–Kier alpha value is -1.28.